The highest BCUT2D eigenvalue weighted by Gasteiger charge is 2.41. The van der Waals surface area contributed by atoms with Crippen molar-refractivity contribution >= 4 is 11.9 Å². The first kappa shape index (κ1) is 16.4. The molecule has 2 fully saturated rings. The lowest BCUT2D eigenvalue weighted by Crippen LogP contribution is -2.58. The second-order valence-corrected chi connectivity index (χ2v) is 7.91. The summed E-state index contributed by atoms with van der Waals surface area (Å²) in [4.78, 5) is 31.1. The van der Waals surface area contributed by atoms with Crippen LogP contribution in [0.2, 0.25) is 0 Å². The normalized spacial score (nSPS) is 22.5. The van der Waals surface area contributed by atoms with Crippen molar-refractivity contribution in [3.63, 3.8) is 0 Å². The minimum atomic E-state index is -0.312. The fourth-order valence-electron chi connectivity index (χ4n) is 3.76. The van der Waals surface area contributed by atoms with Crippen LogP contribution in [0.25, 0.3) is 0 Å². The molecule has 4 rings (SSSR count). The Bertz CT molecular complexity index is 685. The van der Waals surface area contributed by atoms with Crippen LogP contribution < -0.4 is 10.6 Å². The van der Waals surface area contributed by atoms with Crippen LogP contribution in [0.1, 0.15) is 57.1 Å². The van der Waals surface area contributed by atoms with Gasteiger partial charge in [0.2, 0.25) is 5.91 Å². The minimum Gasteiger partial charge on any atom is -0.348 e. The van der Waals surface area contributed by atoms with E-state index in [1.807, 2.05) is 18.7 Å². The minimum absolute atomic E-state index is 0.00826. The van der Waals surface area contributed by atoms with Gasteiger partial charge in [-0.3, -0.25) is 4.79 Å². The van der Waals surface area contributed by atoms with Gasteiger partial charge >= 0.3 is 6.03 Å². The van der Waals surface area contributed by atoms with Crippen molar-refractivity contribution in [3.05, 3.63) is 11.6 Å². The van der Waals surface area contributed by atoms with E-state index in [1.165, 1.54) is 0 Å². The summed E-state index contributed by atoms with van der Waals surface area (Å²) < 4.78 is 1.77. The maximum atomic E-state index is 12.4. The molecule has 0 radical (unpaired) electrons. The largest absolute Gasteiger partial charge is 0.348 e. The number of amides is 3. The SMILES string of the molecule is CC(C)NC(=O)N1CCC2(CC1)Cc1nc(C3CC3)nn1CC(=O)N2. The molecular formula is C17H26N6O2. The average molecular weight is 346 g/mol. The molecule has 3 heterocycles. The van der Waals surface area contributed by atoms with Gasteiger partial charge in [0, 0.05) is 31.5 Å². The van der Waals surface area contributed by atoms with E-state index in [0.717, 1.165) is 37.3 Å². The predicted molar refractivity (Wildman–Crippen MR) is 91.0 cm³/mol. The number of carbonyl (C=O) groups excluding carboxylic acids is 2. The molecule has 0 atom stereocenters. The van der Waals surface area contributed by atoms with E-state index in [-0.39, 0.29) is 30.1 Å². The lowest BCUT2D eigenvalue weighted by atomic mass is 9.84. The molecule has 3 aliphatic rings. The number of nitrogens with zero attached hydrogens (tertiary/aromatic N) is 4. The first-order chi connectivity index (χ1) is 11.9. The molecule has 1 aliphatic carbocycles. The third kappa shape index (κ3) is 3.34. The van der Waals surface area contributed by atoms with Crippen LogP contribution in [0, 0.1) is 0 Å². The van der Waals surface area contributed by atoms with Crippen molar-refractivity contribution in [1.29, 1.82) is 0 Å². The van der Waals surface area contributed by atoms with Gasteiger partial charge < -0.3 is 15.5 Å². The highest BCUT2D eigenvalue weighted by atomic mass is 16.2. The Morgan fingerprint density at radius 1 is 1.32 bits per heavy atom. The second-order valence-electron chi connectivity index (χ2n) is 7.91. The van der Waals surface area contributed by atoms with Crippen LogP contribution in [-0.4, -0.2) is 56.3 Å². The molecule has 0 unspecified atom stereocenters. The summed E-state index contributed by atoms with van der Waals surface area (Å²) in [6.45, 7) is 5.44. The summed E-state index contributed by atoms with van der Waals surface area (Å²) >= 11 is 0. The van der Waals surface area contributed by atoms with Gasteiger partial charge in [0.1, 0.15) is 12.4 Å². The summed E-state index contributed by atoms with van der Waals surface area (Å²) in [5, 5.41) is 10.7. The maximum Gasteiger partial charge on any atom is 0.317 e. The Kier molecular flexibility index (Phi) is 3.92. The third-order valence-electron chi connectivity index (χ3n) is 5.32. The fourth-order valence-corrected chi connectivity index (χ4v) is 3.76. The number of likely N-dealkylation sites (tertiary alicyclic amines) is 1. The predicted octanol–water partition coefficient (Wildman–Crippen LogP) is 0.780. The lowest BCUT2D eigenvalue weighted by molar-refractivity contribution is -0.123. The summed E-state index contributed by atoms with van der Waals surface area (Å²) in [6.07, 6.45) is 4.49. The van der Waals surface area contributed by atoms with Crippen molar-refractivity contribution in [3.8, 4) is 0 Å². The van der Waals surface area contributed by atoms with Crippen molar-refractivity contribution in [1.82, 2.24) is 30.3 Å². The zero-order valence-corrected chi connectivity index (χ0v) is 14.9. The Morgan fingerprint density at radius 3 is 2.68 bits per heavy atom. The number of piperidine rings is 1. The summed E-state index contributed by atoms with van der Waals surface area (Å²) in [6, 6.07) is 0.101. The van der Waals surface area contributed by atoms with Crippen LogP contribution in [0.15, 0.2) is 0 Å². The number of hydrogen-bond acceptors (Lipinski definition) is 4. The number of urea groups is 1. The number of fused-ring (bicyclic) bond motifs is 1. The average Bonchev–Trinajstić information content (AvgIpc) is 3.32. The van der Waals surface area contributed by atoms with Gasteiger partial charge in [0.15, 0.2) is 5.82 Å². The topological polar surface area (TPSA) is 92.2 Å². The second kappa shape index (κ2) is 6.00. The Balaban J connectivity index is 1.48. The molecule has 25 heavy (non-hydrogen) atoms. The molecule has 0 aromatic carbocycles. The van der Waals surface area contributed by atoms with E-state index in [0.29, 0.717) is 25.4 Å². The molecule has 8 nitrogen and oxygen atoms in total. The standard InChI is InChI=1S/C17H26N6O2/c1-11(2)18-16(25)22-7-5-17(6-8-22)9-13-19-15(12-3-4-12)21-23(13)10-14(24)20-17/h11-12H,3-10H2,1-2H3,(H,18,25)(H,20,24). The first-order valence-corrected chi connectivity index (χ1v) is 9.24. The van der Waals surface area contributed by atoms with Crippen molar-refractivity contribution < 1.29 is 9.59 Å². The van der Waals surface area contributed by atoms with E-state index in [9.17, 15) is 9.59 Å². The third-order valence-corrected chi connectivity index (χ3v) is 5.32. The lowest BCUT2D eigenvalue weighted by Gasteiger charge is -2.41. The summed E-state index contributed by atoms with van der Waals surface area (Å²) in [5.41, 5.74) is -0.312. The summed E-state index contributed by atoms with van der Waals surface area (Å²) in [5.74, 6) is 2.28. The van der Waals surface area contributed by atoms with Crippen molar-refractivity contribution in [2.45, 2.75) is 70.0 Å². The van der Waals surface area contributed by atoms with Crippen LogP contribution in [0.5, 0.6) is 0 Å². The van der Waals surface area contributed by atoms with E-state index in [2.05, 4.69) is 15.7 Å². The van der Waals surface area contributed by atoms with Crippen LogP contribution >= 0.6 is 0 Å². The van der Waals surface area contributed by atoms with Gasteiger partial charge in [-0.1, -0.05) is 0 Å². The van der Waals surface area contributed by atoms with Crippen LogP contribution in [0.4, 0.5) is 4.79 Å². The molecule has 136 valence electrons. The van der Waals surface area contributed by atoms with Crippen molar-refractivity contribution in [2.24, 2.45) is 0 Å². The zero-order chi connectivity index (χ0) is 17.6. The summed E-state index contributed by atoms with van der Waals surface area (Å²) in [7, 11) is 0. The fraction of sp³-hybridized carbons (Fsp3) is 0.765. The maximum absolute atomic E-state index is 12.4. The van der Waals surface area contributed by atoms with Gasteiger partial charge in [-0.15, -0.1) is 0 Å². The smallest absolute Gasteiger partial charge is 0.317 e. The van der Waals surface area contributed by atoms with Crippen LogP contribution in [-0.2, 0) is 17.8 Å². The highest BCUT2D eigenvalue weighted by Crippen LogP contribution is 2.38. The first-order valence-electron chi connectivity index (χ1n) is 9.24. The molecule has 8 heteroatoms. The van der Waals surface area contributed by atoms with Gasteiger partial charge in [0.05, 0.1) is 5.54 Å². The van der Waals surface area contributed by atoms with Gasteiger partial charge in [-0.2, -0.15) is 5.10 Å². The number of aromatic nitrogens is 3. The molecule has 1 spiro atoms. The number of carbonyl (C=O) groups is 2. The molecule has 1 aromatic heterocycles. The zero-order valence-electron chi connectivity index (χ0n) is 14.9. The van der Waals surface area contributed by atoms with E-state index in [4.69, 9.17) is 4.98 Å². The van der Waals surface area contributed by atoms with Crippen LogP contribution in [0.3, 0.4) is 0 Å². The monoisotopic (exact) mass is 346 g/mol. The van der Waals surface area contributed by atoms with Gasteiger partial charge in [-0.25, -0.2) is 14.5 Å². The molecule has 2 aliphatic heterocycles. The van der Waals surface area contributed by atoms with E-state index >= 15 is 0 Å². The quantitative estimate of drug-likeness (QED) is 0.828. The number of hydrogen-bond donors (Lipinski definition) is 2. The molecule has 2 N–H and O–H groups in total. The molecule has 1 saturated heterocycles. The van der Waals surface area contributed by atoms with Gasteiger partial charge in [0.25, 0.3) is 0 Å². The molecule has 1 aromatic rings. The van der Waals surface area contributed by atoms with Gasteiger partial charge in [-0.05, 0) is 39.5 Å². The van der Waals surface area contributed by atoms with E-state index in [1.54, 1.807) is 4.68 Å². The molecule has 3 amide bonds. The molecular weight excluding hydrogens is 320 g/mol. The highest BCUT2D eigenvalue weighted by molar-refractivity contribution is 5.77. The molecule has 0 bridgehead atoms. The Morgan fingerprint density at radius 2 is 2.04 bits per heavy atom. The number of nitrogens with one attached hydrogen (secondary N) is 2. The van der Waals surface area contributed by atoms with E-state index < -0.39 is 0 Å². The van der Waals surface area contributed by atoms with Crippen molar-refractivity contribution in [2.75, 3.05) is 13.1 Å². The Hall–Kier alpha value is -2.12. The molecule has 1 saturated carbocycles. The Labute approximate surface area is 147 Å². The number of rotatable bonds is 2.